The first-order chi connectivity index (χ1) is 10.1. The zero-order valence-corrected chi connectivity index (χ0v) is 11.6. The van der Waals surface area contributed by atoms with Crippen LogP contribution in [0.15, 0.2) is 60.7 Å². The molecule has 1 amide bonds. The molecule has 1 unspecified atom stereocenters. The highest BCUT2D eigenvalue weighted by Gasteiger charge is 2.18. The van der Waals surface area contributed by atoms with Crippen molar-refractivity contribution >= 4 is 11.9 Å². The summed E-state index contributed by atoms with van der Waals surface area (Å²) in [6, 6.07) is 18.5. The fourth-order valence-corrected chi connectivity index (χ4v) is 2.15. The molecule has 2 aromatic rings. The van der Waals surface area contributed by atoms with Crippen molar-refractivity contribution in [1.29, 1.82) is 0 Å². The topological polar surface area (TPSA) is 69.4 Å². The smallest absolute Gasteiger partial charge is 0.404 e. The molecule has 0 bridgehead atoms. The predicted molar refractivity (Wildman–Crippen MR) is 80.0 cm³/mol. The molecule has 2 rings (SSSR count). The van der Waals surface area contributed by atoms with E-state index in [1.54, 1.807) is 24.3 Å². The molecule has 0 radical (unpaired) electrons. The van der Waals surface area contributed by atoms with Gasteiger partial charge in [0, 0.05) is 18.4 Å². The number of nitrogens with two attached hydrogens (primary N) is 1. The lowest BCUT2D eigenvalue weighted by Crippen LogP contribution is -2.27. The van der Waals surface area contributed by atoms with Gasteiger partial charge in [-0.25, -0.2) is 4.79 Å². The van der Waals surface area contributed by atoms with Crippen LogP contribution in [0, 0.1) is 0 Å². The summed E-state index contributed by atoms with van der Waals surface area (Å²) < 4.78 is 5.06. The van der Waals surface area contributed by atoms with Gasteiger partial charge in [-0.15, -0.1) is 0 Å². The van der Waals surface area contributed by atoms with Gasteiger partial charge in [0.05, 0.1) is 0 Å². The Hall–Kier alpha value is -2.62. The van der Waals surface area contributed by atoms with Crippen LogP contribution in [-0.4, -0.2) is 18.0 Å². The first kappa shape index (κ1) is 14.8. The van der Waals surface area contributed by atoms with Gasteiger partial charge in [0.2, 0.25) is 0 Å². The van der Waals surface area contributed by atoms with Gasteiger partial charge in [-0.05, 0) is 5.56 Å². The van der Waals surface area contributed by atoms with Crippen molar-refractivity contribution < 1.29 is 14.3 Å². The zero-order valence-electron chi connectivity index (χ0n) is 11.6. The third-order valence-electron chi connectivity index (χ3n) is 3.10. The number of rotatable bonds is 6. The number of primary amides is 1. The van der Waals surface area contributed by atoms with Gasteiger partial charge >= 0.3 is 6.09 Å². The van der Waals surface area contributed by atoms with E-state index in [9.17, 15) is 9.59 Å². The molecule has 0 aliphatic rings. The van der Waals surface area contributed by atoms with E-state index in [0.717, 1.165) is 5.56 Å². The molecule has 0 aliphatic carbocycles. The Balaban J connectivity index is 2.06. The molecule has 0 aromatic heterocycles. The minimum absolute atomic E-state index is 0.0715. The lowest BCUT2D eigenvalue weighted by Gasteiger charge is -2.16. The molecule has 0 spiro atoms. The Morgan fingerprint density at radius 3 is 2.10 bits per heavy atom. The van der Waals surface area contributed by atoms with Gasteiger partial charge < -0.3 is 10.5 Å². The van der Waals surface area contributed by atoms with Gasteiger partial charge in [-0.3, -0.25) is 4.79 Å². The second kappa shape index (κ2) is 7.24. The summed E-state index contributed by atoms with van der Waals surface area (Å²) >= 11 is 0. The highest BCUT2D eigenvalue weighted by molar-refractivity contribution is 5.96. The number of hydrogen-bond acceptors (Lipinski definition) is 3. The quantitative estimate of drug-likeness (QED) is 0.829. The molecule has 2 N–H and O–H groups in total. The molecule has 21 heavy (non-hydrogen) atoms. The van der Waals surface area contributed by atoms with E-state index in [4.69, 9.17) is 10.5 Å². The summed E-state index contributed by atoms with van der Waals surface area (Å²) in [7, 11) is 0. The van der Waals surface area contributed by atoms with E-state index in [2.05, 4.69) is 0 Å². The van der Waals surface area contributed by atoms with Crippen LogP contribution >= 0.6 is 0 Å². The van der Waals surface area contributed by atoms with E-state index >= 15 is 0 Å². The lowest BCUT2D eigenvalue weighted by atomic mass is 10.00. The summed E-state index contributed by atoms with van der Waals surface area (Å²) in [6.45, 7) is 0. The average molecular weight is 283 g/mol. The van der Waals surface area contributed by atoms with Crippen LogP contribution < -0.4 is 5.73 Å². The zero-order chi connectivity index (χ0) is 15.1. The Kier molecular flexibility index (Phi) is 5.10. The van der Waals surface area contributed by atoms with E-state index in [-0.39, 0.29) is 12.2 Å². The monoisotopic (exact) mass is 283 g/mol. The predicted octanol–water partition coefficient (Wildman–Crippen LogP) is 2.97. The average Bonchev–Trinajstić information content (AvgIpc) is 2.48. The van der Waals surface area contributed by atoms with E-state index in [1.165, 1.54) is 0 Å². The Labute approximate surface area is 123 Å². The molecule has 2 aromatic carbocycles. The largest absolute Gasteiger partial charge is 0.446 e. The lowest BCUT2D eigenvalue weighted by molar-refractivity contribution is 0.0792. The molecule has 4 nitrogen and oxygen atoms in total. The van der Waals surface area contributed by atoms with Crippen molar-refractivity contribution in [3.05, 3.63) is 71.8 Å². The van der Waals surface area contributed by atoms with Crippen LogP contribution in [0.1, 0.15) is 22.3 Å². The third-order valence-corrected chi connectivity index (χ3v) is 3.10. The third kappa shape index (κ3) is 4.76. The Bertz CT molecular complexity index is 596. The van der Waals surface area contributed by atoms with Crippen molar-refractivity contribution in [3.63, 3.8) is 0 Å². The van der Waals surface area contributed by atoms with Gasteiger partial charge in [0.15, 0.2) is 5.78 Å². The fourth-order valence-electron chi connectivity index (χ4n) is 2.15. The molecule has 0 fully saturated rings. The molecule has 1 atom stereocenters. The number of benzene rings is 2. The fraction of sp³-hybridized carbons (Fsp3) is 0.176. The number of carbonyl (C=O) groups excluding carboxylic acids is 2. The van der Waals surface area contributed by atoms with Crippen LogP contribution in [0.2, 0.25) is 0 Å². The van der Waals surface area contributed by atoms with Crippen LogP contribution in [0.25, 0.3) is 0 Å². The number of hydrogen-bond donors (Lipinski definition) is 1. The number of carbonyl (C=O) groups is 2. The highest BCUT2D eigenvalue weighted by atomic mass is 16.6. The molecular weight excluding hydrogens is 266 g/mol. The Morgan fingerprint density at radius 2 is 1.52 bits per heavy atom. The number of ether oxygens (including phenoxy) is 1. The van der Waals surface area contributed by atoms with Crippen LogP contribution in [-0.2, 0) is 11.2 Å². The molecule has 0 saturated carbocycles. The van der Waals surface area contributed by atoms with E-state index < -0.39 is 12.2 Å². The van der Waals surface area contributed by atoms with Crippen LogP contribution in [0.3, 0.4) is 0 Å². The van der Waals surface area contributed by atoms with Gasteiger partial charge in [0.25, 0.3) is 0 Å². The molecule has 0 aliphatic heterocycles. The maximum absolute atomic E-state index is 12.2. The van der Waals surface area contributed by atoms with Crippen LogP contribution in [0.4, 0.5) is 4.79 Å². The summed E-state index contributed by atoms with van der Waals surface area (Å²) in [4.78, 5) is 23.2. The number of ketones is 1. The van der Waals surface area contributed by atoms with Crippen molar-refractivity contribution in [1.82, 2.24) is 0 Å². The summed E-state index contributed by atoms with van der Waals surface area (Å²) in [5.74, 6) is -0.0715. The van der Waals surface area contributed by atoms with Gasteiger partial charge in [-0.1, -0.05) is 60.7 Å². The highest BCUT2D eigenvalue weighted by Crippen LogP contribution is 2.13. The Morgan fingerprint density at radius 1 is 0.952 bits per heavy atom. The molecule has 0 saturated heterocycles. The minimum atomic E-state index is -0.864. The van der Waals surface area contributed by atoms with E-state index in [0.29, 0.717) is 12.0 Å². The first-order valence-corrected chi connectivity index (χ1v) is 6.73. The maximum atomic E-state index is 12.2. The molecular formula is C17H17NO3. The SMILES string of the molecule is NC(=O)OC(CC(=O)c1ccccc1)Cc1ccccc1. The van der Waals surface area contributed by atoms with Gasteiger partial charge in [-0.2, -0.15) is 0 Å². The van der Waals surface area contributed by atoms with Crippen molar-refractivity contribution in [3.8, 4) is 0 Å². The second-order valence-electron chi connectivity index (χ2n) is 4.74. The van der Waals surface area contributed by atoms with Crippen LogP contribution in [0.5, 0.6) is 0 Å². The number of Topliss-reactive ketones (excluding diaryl/α,β-unsaturated/α-hetero) is 1. The van der Waals surface area contributed by atoms with Crippen molar-refractivity contribution in [2.24, 2.45) is 5.73 Å². The molecule has 4 heteroatoms. The number of amides is 1. The molecule has 0 heterocycles. The normalized spacial score (nSPS) is 11.6. The summed E-state index contributed by atoms with van der Waals surface area (Å²) in [5, 5.41) is 0. The maximum Gasteiger partial charge on any atom is 0.404 e. The summed E-state index contributed by atoms with van der Waals surface area (Å²) in [5.41, 5.74) is 6.68. The van der Waals surface area contributed by atoms with Gasteiger partial charge in [0.1, 0.15) is 6.10 Å². The van der Waals surface area contributed by atoms with Crippen molar-refractivity contribution in [2.45, 2.75) is 18.9 Å². The van der Waals surface area contributed by atoms with Crippen molar-refractivity contribution in [2.75, 3.05) is 0 Å². The standard InChI is InChI=1S/C17H17NO3/c18-17(20)21-15(11-13-7-3-1-4-8-13)12-16(19)14-9-5-2-6-10-14/h1-10,15H,11-12H2,(H2,18,20). The second-order valence-corrected chi connectivity index (χ2v) is 4.74. The minimum Gasteiger partial charge on any atom is -0.446 e. The molecule has 108 valence electrons. The summed E-state index contributed by atoms with van der Waals surface area (Å²) in [6.07, 6.45) is -0.848. The van der Waals surface area contributed by atoms with E-state index in [1.807, 2.05) is 36.4 Å². The first-order valence-electron chi connectivity index (χ1n) is 6.73.